The van der Waals surface area contributed by atoms with Crippen molar-refractivity contribution >= 4 is 0 Å². The number of benzene rings is 1. The summed E-state index contributed by atoms with van der Waals surface area (Å²) in [5, 5.41) is 3.29. The predicted octanol–water partition coefficient (Wildman–Crippen LogP) is 4.45. The average Bonchev–Trinajstić information content (AvgIpc) is 2.42. The average molecular weight is 279 g/mol. The maximum Gasteiger partial charge on any atom is 0.165 e. The van der Waals surface area contributed by atoms with Gasteiger partial charge in [-0.15, -0.1) is 6.58 Å². The number of halogens is 1. The standard InChI is InChI=1S/C17H26FNO/c1-4-5-6-7-8-12-20-17-15(13-19-14(2)3)10-9-11-16(17)18/h4,9-11,14,19H,1,5-8,12-13H2,2-3H3. The molecule has 1 aromatic rings. The monoisotopic (exact) mass is 279 g/mol. The maximum atomic E-state index is 13.8. The van der Waals surface area contributed by atoms with Gasteiger partial charge in [0.15, 0.2) is 11.6 Å². The summed E-state index contributed by atoms with van der Waals surface area (Å²) in [5.74, 6) is 0.114. The topological polar surface area (TPSA) is 21.3 Å². The van der Waals surface area contributed by atoms with Crippen LogP contribution in [0.15, 0.2) is 30.9 Å². The molecule has 0 amide bonds. The Morgan fingerprint density at radius 3 is 2.80 bits per heavy atom. The van der Waals surface area contributed by atoms with Crippen molar-refractivity contribution in [1.29, 1.82) is 0 Å². The first-order valence-corrected chi connectivity index (χ1v) is 7.39. The second-order valence-electron chi connectivity index (χ2n) is 5.25. The molecular formula is C17H26FNO. The number of para-hydroxylation sites is 1. The smallest absolute Gasteiger partial charge is 0.165 e. The van der Waals surface area contributed by atoms with E-state index in [1.165, 1.54) is 6.07 Å². The van der Waals surface area contributed by atoms with Crippen LogP contribution in [0, 0.1) is 5.82 Å². The first-order valence-electron chi connectivity index (χ1n) is 7.39. The molecule has 1 aromatic carbocycles. The molecule has 0 saturated heterocycles. The summed E-state index contributed by atoms with van der Waals surface area (Å²) in [6.45, 7) is 9.02. The minimum absolute atomic E-state index is 0.279. The van der Waals surface area contributed by atoms with Gasteiger partial charge in [-0.3, -0.25) is 0 Å². The Morgan fingerprint density at radius 1 is 1.30 bits per heavy atom. The molecule has 0 fully saturated rings. The molecule has 0 aliphatic rings. The highest BCUT2D eigenvalue weighted by Gasteiger charge is 2.09. The van der Waals surface area contributed by atoms with Gasteiger partial charge < -0.3 is 10.1 Å². The molecule has 20 heavy (non-hydrogen) atoms. The number of unbranched alkanes of at least 4 members (excludes halogenated alkanes) is 3. The van der Waals surface area contributed by atoms with Crippen LogP contribution in [0.2, 0.25) is 0 Å². The molecule has 0 bridgehead atoms. The normalized spacial score (nSPS) is 10.8. The van der Waals surface area contributed by atoms with Crippen LogP contribution >= 0.6 is 0 Å². The highest BCUT2D eigenvalue weighted by molar-refractivity contribution is 5.34. The highest BCUT2D eigenvalue weighted by Crippen LogP contribution is 2.23. The van der Waals surface area contributed by atoms with Gasteiger partial charge in [-0.05, 0) is 31.7 Å². The SMILES string of the molecule is C=CCCCCCOc1c(F)cccc1CNC(C)C. The van der Waals surface area contributed by atoms with E-state index in [1.54, 1.807) is 6.07 Å². The van der Waals surface area contributed by atoms with Gasteiger partial charge in [0.05, 0.1) is 6.61 Å². The first kappa shape index (κ1) is 16.7. The molecule has 3 heteroatoms. The Morgan fingerprint density at radius 2 is 2.10 bits per heavy atom. The van der Waals surface area contributed by atoms with E-state index in [1.807, 2.05) is 12.1 Å². The molecule has 0 atom stereocenters. The molecule has 0 spiro atoms. The molecule has 0 aliphatic heterocycles. The summed E-state index contributed by atoms with van der Waals surface area (Å²) >= 11 is 0. The van der Waals surface area contributed by atoms with E-state index < -0.39 is 0 Å². The zero-order chi connectivity index (χ0) is 14.8. The number of ether oxygens (including phenoxy) is 1. The molecular weight excluding hydrogens is 253 g/mol. The summed E-state index contributed by atoms with van der Waals surface area (Å²) in [6.07, 6.45) is 6.10. The van der Waals surface area contributed by atoms with Crippen LogP contribution < -0.4 is 10.1 Å². The molecule has 0 heterocycles. The van der Waals surface area contributed by atoms with E-state index in [2.05, 4.69) is 25.7 Å². The quantitative estimate of drug-likeness (QED) is 0.504. The fraction of sp³-hybridized carbons (Fsp3) is 0.529. The van der Waals surface area contributed by atoms with Crippen molar-refractivity contribution in [2.45, 2.75) is 52.1 Å². The summed E-state index contributed by atoms with van der Waals surface area (Å²) in [6, 6.07) is 5.45. The maximum absolute atomic E-state index is 13.8. The van der Waals surface area contributed by atoms with Crippen molar-refractivity contribution in [1.82, 2.24) is 5.32 Å². The van der Waals surface area contributed by atoms with E-state index in [4.69, 9.17) is 4.74 Å². The molecule has 2 nitrogen and oxygen atoms in total. The lowest BCUT2D eigenvalue weighted by Gasteiger charge is -2.14. The van der Waals surface area contributed by atoms with E-state index in [-0.39, 0.29) is 5.82 Å². The largest absolute Gasteiger partial charge is 0.490 e. The van der Waals surface area contributed by atoms with Crippen LogP contribution in [-0.4, -0.2) is 12.6 Å². The Kier molecular flexibility index (Phi) is 7.97. The van der Waals surface area contributed by atoms with Crippen LogP contribution in [-0.2, 0) is 6.54 Å². The van der Waals surface area contributed by atoms with E-state index >= 15 is 0 Å². The van der Waals surface area contributed by atoms with E-state index in [9.17, 15) is 4.39 Å². The fourth-order valence-corrected chi connectivity index (χ4v) is 1.91. The third kappa shape index (κ3) is 6.20. The number of hydrogen-bond donors (Lipinski definition) is 1. The molecule has 1 rings (SSSR count). The Bertz CT molecular complexity index is 404. The van der Waals surface area contributed by atoms with Crippen LogP contribution in [0.5, 0.6) is 5.75 Å². The van der Waals surface area contributed by atoms with Crippen molar-refractivity contribution in [3.05, 3.63) is 42.2 Å². The van der Waals surface area contributed by atoms with E-state index in [0.29, 0.717) is 24.9 Å². The number of rotatable bonds is 10. The number of hydrogen-bond acceptors (Lipinski definition) is 2. The molecule has 112 valence electrons. The second-order valence-corrected chi connectivity index (χ2v) is 5.25. The lowest BCUT2D eigenvalue weighted by atomic mass is 10.1. The van der Waals surface area contributed by atoms with Crippen LogP contribution in [0.25, 0.3) is 0 Å². The molecule has 0 aromatic heterocycles. The Hall–Kier alpha value is -1.35. The van der Waals surface area contributed by atoms with Gasteiger partial charge in [-0.1, -0.05) is 32.1 Å². The summed E-state index contributed by atoms with van der Waals surface area (Å²) in [7, 11) is 0. The van der Waals surface area contributed by atoms with Crippen molar-refractivity contribution in [3.63, 3.8) is 0 Å². The van der Waals surface area contributed by atoms with Gasteiger partial charge in [-0.2, -0.15) is 0 Å². The minimum Gasteiger partial charge on any atom is -0.490 e. The van der Waals surface area contributed by atoms with Gasteiger partial charge in [-0.25, -0.2) is 4.39 Å². The van der Waals surface area contributed by atoms with Crippen LogP contribution in [0.3, 0.4) is 0 Å². The third-order valence-corrected chi connectivity index (χ3v) is 3.05. The van der Waals surface area contributed by atoms with Crippen molar-refractivity contribution in [2.75, 3.05) is 6.61 Å². The Balaban J connectivity index is 2.48. The summed E-state index contributed by atoms with van der Waals surface area (Å²) in [5.41, 5.74) is 0.879. The lowest BCUT2D eigenvalue weighted by Crippen LogP contribution is -2.22. The second kappa shape index (κ2) is 9.54. The first-order chi connectivity index (χ1) is 9.65. The number of allylic oxidation sites excluding steroid dienone is 1. The zero-order valence-electron chi connectivity index (χ0n) is 12.6. The van der Waals surface area contributed by atoms with Gasteiger partial charge >= 0.3 is 0 Å². The highest BCUT2D eigenvalue weighted by atomic mass is 19.1. The van der Waals surface area contributed by atoms with Gasteiger partial charge in [0.1, 0.15) is 0 Å². The van der Waals surface area contributed by atoms with E-state index in [0.717, 1.165) is 31.2 Å². The fourth-order valence-electron chi connectivity index (χ4n) is 1.91. The van der Waals surface area contributed by atoms with Gasteiger partial charge in [0, 0.05) is 18.2 Å². The number of nitrogens with one attached hydrogen (secondary N) is 1. The molecule has 0 aliphatic carbocycles. The van der Waals surface area contributed by atoms with Gasteiger partial charge in [0.2, 0.25) is 0 Å². The third-order valence-electron chi connectivity index (χ3n) is 3.05. The minimum atomic E-state index is -0.279. The van der Waals surface area contributed by atoms with Crippen molar-refractivity contribution in [2.24, 2.45) is 0 Å². The molecule has 0 radical (unpaired) electrons. The Labute approximate surface area is 122 Å². The van der Waals surface area contributed by atoms with Crippen LogP contribution in [0.1, 0.15) is 45.1 Å². The van der Waals surface area contributed by atoms with Gasteiger partial charge in [0.25, 0.3) is 0 Å². The molecule has 0 unspecified atom stereocenters. The zero-order valence-corrected chi connectivity index (χ0v) is 12.6. The van der Waals surface area contributed by atoms with Crippen molar-refractivity contribution in [3.8, 4) is 5.75 Å². The molecule has 0 saturated carbocycles. The predicted molar refractivity (Wildman–Crippen MR) is 82.5 cm³/mol. The lowest BCUT2D eigenvalue weighted by molar-refractivity contribution is 0.286. The molecule has 1 N–H and O–H groups in total. The van der Waals surface area contributed by atoms with Crippen molar-refractivity contribution < 1.29 is 9.13 Å². The summed E-state index contributed by atoms with van der Waals surface area (Å²) < 4.78 is 19.5. The summed E-state index contributed by atoms with van der Waals surface area (Å²) in [4.78, 5) is 0. The van der Waals surface area contributed by atoms with Crippen LogP contribution in [0.4, 0.5) is 4.39 Å².